The molecule has 2 aliphatic rings. The number of amides is 1. The summed E-state index contributed by atoms with van der Waals surface area (Å²) in [6, 6.07) is 0. The van der Waals surface area contributed by atoms with E-state index in [1.54, 1.807) is 11.3 Å². The molecule has 5 rings (SSSR count). The van der Waals surface area contributed by atoms with Crippen LogP contribution in [-0.4, -0.2) is 48.0 Å². The fourth-order valence-electron chi connectivity index (χ4n) is 4.14. The van der Waals surface area contributed by atoms with Crippen LogP contribution >= 0.6 is 11.3 Å². The molecule has 0 aliphatic carbocycles. The molecule has 0 unspecified atom stereocenters. The number of carbonyl (C=O) groups excluding carboxylic acids is 1. The van der Waals surface area contributed by atoms with Gasteiger partial charge in [0.15, 0.2) is 4.96 Å². The smallest absolute Gasteiger partial charge is 0.274 e. The third-order valence-corrected chi connectivity index (χ3v) is 6.37. The Labute approximate surface area is 155 Å². The van der Waals surface area contributed by atoms with Crippen molar-refractivity contribution in [3.05, 3.63) is 35.1 Å². The largest absolute Gasteiger partial charge is 0.337 e. The van der Waals surface area contributed by atoms with Crippen LogP contribution in [0.15, 0.2) is 17.8 Å². The zero-order chi connectivity index (χ0) is 17.5. The summed E-state index contributed by atoms with van der Waals surface area (Å²) in [5, 5.41) is 10.9. The fraction of sp³-hybridized carbons (Fsp3) is 0.556. The molecule has 1 fully saturated rings. The van der Waals surface area contributed by atoms with E-state index in [0.29, 0.717) is 11.6 Å². The van der Waals surface area contributed by atoms with Gasteiger partial charge in [-0.05, 0) is 25.7 Å². The van der Waals surface area contributed by atoms with E-state index < -0.39 is 0 Å². The van der Waals surface area contributed by atoms with Gasteiger partial charge in [-0.25, -0.2) is 4.98 Å². The lowest BCUT2D eigenvalue weighted by Crippen LogP contribution is -2.38. The molecule has 0 N–H and O–H groups in total. The maximum Gasteiger partial charge on any atom is 0.274 e. The monoisotopic (exact) mass is 370 g/mol. The number of thiazole rings is 1. The summed E-state index contributed by atoms with van der Waals surface area (Å²) >= 11 is 1.55. The highest BCUT2D eigenvalue weighted by molar-refractivity contribution is 7.15. The van der Waals surface area contributed by atoms with E-state index in [4.69, 9.17) is 0 Å². The number of likely N-dealkylation sites (tertiary alicyclic amines) is 1. The van der Waals surface area contributed by atoms with Crippen molar-refractivity contribution in [2.45, 2.75) is 51.0 Å². The van der Waals surface area contributed by atoms with Crippen molar-refractivity contribution in [2.75, 3.05) is 13.1 Å². The second-order valence-electron chi connectivity index (χ2n) is 7.22. The first-order valence-electron chi connectivity index (χ1n) is 9.43. The van der Waals surface area contributed by atoms with E-state index in [0.717, 1.165) is 55.5 Å². The Kier molecular flexibility index (Phi) is 4.00. The van der Waals surface area contributed by atoms with Gasteiger partial charge in [0.1, 0.15) is 17.3 Å². The van der Waals surface area contributed by atoms with Crippen LogP contribution in [0.5, 0.6) is 0 Å². The molecule has 7 nitrogen and oxygen atoms in total. The molecule has 26 heavy (non-hydrogen) atoms. The average molecular weight is 370 g/mol. The summed E-state index contributed by atoms with van der Waals surface area (Å²) in [7, 11) is 0. The maximum atomic E-state index is 12.8. The predicted molar refractivity (Wildman–Crippen MR) is 98.5 cm³/mol. The second-order valence-corrected chi connectivity index (χ2v) is 8.10. The standard InChI is InChI=1S/C18H22N6OS/c25-17(14-12-23-10-11-26-18(23)19-14)22-8-5-13(6-9-22)16-21-20-15-4-2-1-3-7-24(15)16/h10-13H,1-9H2. The number of hydrogen-bond donors (Lipinski definition) is 0. The number of carbonyl (C=O) groups is 1. The van der Waals surface area contributed by atoms with Crippen LogP contribution in [0.25, 0.3) is 4.96 Å². The van der Waals surface area contributed by atoms with Crippen molar-refractivity contribution in [2.24, 2.45) is 0 Å². The molecule has 3 aromatic heterocycles. The lowest BCUT2D eigenvalue weighted by atomic mass is 9.95. The van der Waals surface area contributed by atoms with E-state index in [-0.39, 0.29) is 5.91 Å². The van der Waals surface area contributed by atoms with Gasteiger partial charge in [-0.3, -0.25) is 9.20 Å². The van der Waals surface area contributed by atoms with Crippen LogP contribution in [0.1, 0.15) is 60.2 Å². The van der Waals surface area contributed by atoms with Gasteiger partial charge in [0.2, 0.25) is 0 Å². The van der Waals surface area contributed by atoms with Crippen molar-refractivity contribution in [1.29, 1.82) is 0 Å². The van der Waals surface area contributed by atoms with Crippen molar-refractivity contribution >= 4 is 22.2 Å². The summed E-state index contributed by atoms with van der Waals surface area (Å²) in [5.74, 6) is 2.73. The van der Waals surface area contributed by atoms with Gasteiger partial charge in [-0.1, -0.05) is 6.42 Å². The third-order valence-electron chi connectivity index (χ3n) is 5.60. The Morgan fingerprint density at radius 1 is 1.12 bits per heavy atom. The number of fused-ring (bicyclic) bond motifs is 2. The zero-order valence-corrected chi connectivity index (χ0v) is 15.5. The number of rotatable bonds is 2. The molecule has 8 heteroatoms. The van der Waals surface area contributed by atoms with Gasteiger partial charge in [-0.15, -0.1) is 21.5 Å². The van der Waals surface area contributed by atoms with Crippen LogP contribution in [0, 0.1) is 0 Å². The number of aromatic nitrogens is 5. The van der Waals surface area contributed by atoms with Crippen molar-refractivity contribution in [3.63, 3.8) is 0 Å². The maximum absolute atomic E-state index is 12.8. The molecule has 1 saturated heterocycles. The minimum Gasteiger partial charge on any atom is -0.337 e. The lowest BCUT2D eigenvalue weighted by molar-refractivity contribution is 0.0705. The average Bonchev–Trinajstić information content (AvgIpc) is 3.33. The van der Waals surface area contributed by atoms with E-state index >= 15 is 0 Å². The number of hydrogen-bond acceptors (Lipinski definition) is 5. The van der Waals surface area contributed by atoms with E-state index in [2.05, 4.69) is 19.7 Å². The Bertz CT molecular complexity index is 904. The molecule has 0 aromatic carbocycles. The minimum atomic E-state index is 0.0411. The van der Waals surface area contributed by atoms with Gasteiger partial charge in [0, 0.05) is 49.7 Å². The zero-order valence-electron chi connectivity index (χ0n) is 14.7. The normalized spacial score (nSPS) is 18.8. The molecule has 0 radical (unpaired) electrons. The highest BCUT2D eigenvalue weighted by atomic mass is 32.1. The molecule has 0 atom stereocenters. The number of aryl methyl sites for hydroxylation is 1. The van der Waals surface area contributed by atoms with Crippen LogP contribution in [0.4, 0.5) is 0 Å². The Hall–Kier alpha value is -2.22. The van der Waals surface area contributed by atoms with Crippen LogP contribution < -0.4 is 0 Å². The molecule has 2 aliphatic heterocycles. The molecule has 3 aromatic rings. The Morgan fingerprint density at radius 3 is 2.85 bits per heavy atom. The molecule has 0 bridgehead atoms. The first-order valence-corrected chi connectivity index (χ1v) is 10.3. The molecule has 0 spiro atoms. The van der Waals surface area contributed by atoms with Crippen molar-refractivity contribution < 1.29 is 4.79 Å². The van der Waals surface area contributed by atoms with Crippen LogP contribution in [0.3, 0.4) is 0 Å². The molecular weight excluding hydrogens is 348 g/mol. The highest BCUT2D eigenvalue weighted by Crippen LogP contribution is 2.29. The summed E-state index contributed by atoms with van der Waals surface area (Å²) in [6.45, 7) is 2.57. The molecular formula is C18H22N6OS. The van der Waals surface area contributed by atoms with Crippen molar-refractivity contribution in [1.82, 2.24) is 29.0 Å². The first kappa shape index (κ1) is 16.0. The molecule has 0 saturated carbocycles. The van der Waals surface area contributed by atoms with E-state index in [9.17, 15) is 4.79 Å². The number of imidazole rings is 1. The quantitative estimate of drug-likeness (QED) is 0.696. The third kappa shape index (κ3) is 2.72. The topological polar surface area (TPSA) is 68.3 Å². The molecule has 1 amide bonds. The van der Waals surface area contributed by atoms with Gasteiger partial charge in [-0.2, -0.15) is 0 Å². The van der Waals surface area contributed by atoms with Gasteiger partial charge >= 0.3 is 0 Å². The summed E-state index contributed by atoms with van der Waals surface area (Å²) in [4.78, 5) is 20.0. The van der Waals surface area contributed by atoms with E-state index in [1.807, 2.05) is 27.1 Å². The van der Waals surface area contributed by atoms with Gasteiger partial charge in [0.25, 0.3) is 5.91 Å². The fourth-order valence-corrected chi connectivity index (χ4v) is 4.84. The van der Waals surface area contributed by atoms with Crippen molar-refractivity contribution in [3.8, 4) is 0 Å². The van der Waals surface area contributed by atoms with E-state index in [1.165, 1.54) is 19.3 Å². The molecule has 136 valence electrons. The summed E-state index contributed by atoms with van der Waals surface area (Å²) in [5.41, 5.74) is 0.548. The summed E-state index contributed by atoms with van der Waals surface area (Å²) < 4.78 is 4.26. The number of nitrogens with zero attached hydrogens (tertiary/aromatic N) is 6. The minimum absolute atomic E-state index is 0.0411. The van der Waals surface area contributed by atoms with Crippen LogP contribution in [-0.2, 0) is 13.0 Å². The Morgan fingerprint density at radius 2 is 2.00 bits per heavy atom. The SMILES string of the molecule is O=C(c1cn2ccsc2n1)N1CCC(c2nnc3n2CCCCC3)CC1. The predicted octanol–water partition coefficient (Wildman–Crippen LogP) is 2.73. The second kappa shape index (κ2) is 6.50. The number of piperidine rings is 1. The van der Waals surface area contributed by atoms with Gasteiger partial charge < -0.3 is 9.47 Å². The highest BCUT2D eigenvalue weighted by Gasteiger charge is 2.29. The first-order chi connectivity index (χ1) is 12.8. The van der Waals surface area contributed by atoms with Crippen LogP contribution in [0.2, 0.25) is 0 Å². The van der Waals surface area contributed by atoms with Gasteiger partial charge in [0.05, 0.1) is 0 Å². The summed E-state index contributed by atoms with van der Waals surface area (Å²) in [6.07, 6.45) is 10.4. The lowest BCUT2D eigenvalue weighted by Gasteiger charge is -2.31. The Balaban J connectivity index is 1.28. The molecule has 5 heterocycles.